The fraction of sp³-hybridized carbons (Fsp3) is 0.619. The molecule has 0 aromatic heterocycles. The average Bonchev–Trinajstić information content (AvgIpc) is 2.73. The average molecular weight is 438 g/mol. The minimum absolute atomic E-state index is 0.0108. The van der Waals surface area contributed by atoms with Crippen molar-refractivity contribution in [3.8, 4) is 0 Å². The first-order chi connectivity index (χ1) is 14.3. The number of piperidine rings is 1. The topological polar surface area (TPSA) is 87.2 Å². The van der Waals surface area contributed by atoms with Crippen molar-refractivity contribution < 1.29 is 22.7 Å². The quantitative estimate of drug-likeness (QED) is 0.702. The molecule has 0 atom stereocenters. The molecule has 1 aromatic carbocycles. The number of amides is 2. The number of ether oxygens (including phenoxy) is 1. The highest BCUT2D eigenvalue weighted by molar-refractivity contribution is 7.88. The molecular formula is C21H31N3O5S. The van der Waals surface area contributed by atoms with Gasteiger partial charge in [0, 0.05) is 45.2 Å². The molecule has 2 heterocycles. The molecule has 3 rings (SSSR count). The Bertz CT molecular complexity index is 857. The largest absolute Gasteiger partial charge is 0.450 e. The summed E-state index contributed by atoms with van der Waals surface area (Å²) in [4.78, 5) is 28.1. The number of nitrogens with zero attached hydrogens (tertiary/aromatic N) is 3. The molecule has 8 nitrogen and oxygen atoms in total. The van der Waals surface area contributed by atoms with Crippen molar-refractivity contribution >= 4 is 22.0 Å². The Morgan fingerprint density at radius 1 is 1.03 bits per heavy atom. The van der Waals surface area contributed by atoms with Crippen LogP contribution in [0.1, 0.15) is 30.9 Å². The van der Waals surface area contributed by atoms with E-state index in [1.807, 2.05) is 31.2 Å². The van der Waals surface area contributed by atoms with Gasteiger partial charge in [0.1, 0.15) is 0 Å². The maximum absolute atomic E-state index is 12.9. The Hall–Kier alpha value is -2.13. The molecule has 30 heavy (non-hydrogen) atoms. The summed E-state index contributed by atoms with van der Waals surface area (Å²) in [5, 5.41) is 0. The fourth-order valence-corrected chi connectivity index (χ4v) is 5.62. The zero-order chi connectivity index (χ0) is 21.7. The van der Waals surface area contributed by atoms with Crippen LogP contribution in [0.5, 0.6) is 0 Å². The van der Waals surface area contributed by atoms with Crippen LogP contribution >= 0.6 is 0 Å². The number of benzene rings is 1. The molecule has 0 saturated carbocycles. The zero-order valence-corrected chi connectivity index (χ0v) is 18.6. The van der Waals surface area contributed by atoms with E-state index in [1.54, 1.807) is 16.7 Å². The molecule has 1 aromatic rings. The predicted octanol–water partition coefficient (Wildman–Crippen LogP) is 1.84. The van der Waals surface area contributed by atoms with Gasteiger partial charge in [-0.25, -0.2) is 17.5 Å². The van der Waals surface area contributed by atoms with Crippen LogP contribution in [0.4, 0.5) is 4.79 Å². The minimum Gasteiger partial charge on any atom is -0.450 e. The van der Waals surface area contributed by atoms with E-state index in [0.29, 0.717) is 58.7 Å². The van der Waals surface area contributed by atoms with E-state index in [-0.39, 0.29) is 23.7 Å². The molecule has 2 fully saturated rings. The van der Waals surface area contributed by atoms with Gasteiger partial charge in [-0.15, -0.1) is 0 Å². The molecule has 0 aliphatic carbocycles. The summed E-state index contributed by atoms with van der Waals surface area (Å²) in [6, 6.07) is 7.53. The molecule has 2 saturated heterocycles. The zero-order valence-electron chi connectivity index (χ0n) is 17.7. The molecule has 166 valence electrons. The van der Waals surface area contributed by atoms with Crippen LogP contribution in [0.25, 0.3) is 0 Å². The molecule has 2 amide bonds. The first-order valence-electron chi connectivity index (χ1n) is 10.5. The van der Waals surface area contributed by atoms with Gasteiger partial charge in [0.25, 0.3) is 0 Å². The minimum atomic E-state index is -3.40. The molecule has 2 aliphatic rings. The van der Waals surface area contributed by atoms with Crippen molar-refractivity contribution in [2.45, 2.75) is 32.4 Å². The summed E-state index contributed by atoms with van der Waals surface area (Å²) >= 11 is 0. The number of carbonyl (C=O) groups is 2. The van der Waals surface area contributed by atoms with Crippen molar-refractivity contribution in [2.75, 3.05) is 45.9 Å². The standard InChI is InChI=1S/C21H31N3O5S/c1-3-29-21(26)23-13-11-22(12-14-23)20(25)19-7-9-24(10-8-19)30(27,28)16-18-6-4-5-17(2)15-18/h4-6,15,19H,3,7-14,16H2,1-2H3. The molecule has 0 spiro atoms. The van der Waals surface area contributed by atoms with Crippen LogP contribution in [0, 0.1) is 12.8 Å². The van der Waals surface area contributed by atoms with Crippen molar-refractivity contribution in [2.24, 2.45) is 5.92 Å². The van der Waals surface area contributed by atoms with Crippen LogP contribution in [0.15, 0.2) is 24.3 Å². The lowest BCUT2D eigenvalue weighted by molar-refractivity contribution is -0.138. The number of hydrogen-bond donors (Lipinski definition) is 0. The number of hydrogen-bond acceptors (Lipinski definition) is 5. The van der Waals surface area contributed by atoms with Crippen LogP contribution in [0.3, 0.4) is 0 Å². The lowest BCUT2D eigenvalue weighted by atomic mass is 9.96. The summed E-state index contributed by atoms with van der Waals surface area (Å²) in [6.07, 6.45) is 0.727. The van der Waals surface area contributed by atoms with E-state index in [1.165, 1.54) is 4.31 Å². The summed E-state index contributed by atoms with van der Waals surface area (Å²) in [7, 11) is -3.40. The second-order valence-electron chi connectivity index (χ2n) is 7.93. The van der Waals surface area contributed by atoms with Gasteiger partial charge in [-0.2, -0.15) is 0 Å². The highest BCUT2D eigenvalue weighted by Crippen LogP contribution is 2.24. The third-order valence-electron chi connectivity index (χ3n) is 5.75. The Morgan fingerprint density at radius 3 is 2.27 bits per heavy atom. The Kier molecular flexibility index (Phi) is 7.36. The Balaban J connectivity index is 1.49. The van der Waals surface area contributed by atoms with Crippen molar-refractivity contribution in [1.29, 1.82) is 0 Å². The molecule has 0 radical (unpaired) electrons. The van der Waals surface area contributed by atoms with Gasteiger partial charge < -0.3 is 14.5 Å². The first kappa shape index (κ1) is 22.6. The Morgan fingerprint density at radius 2 is 1.67 bits per heavy atom. The molecule has 2 aliphatic heterocycles. The van der Waals surface area contributed by atoms with Crippen LogP contribution in [-0.2, 0) is 25.3 Å². The van der Waals surface area contributed by atoms with Gasteiger partial charge in [-0.3, -0.25) is 4.79 Å². The number of piperazine rings is 1. The van der Waals surface area contributed by atoms with E-state index in [4.69, 9.17) is 4.74 Å². The van der Waals surface area contributed by atoms with E-state index in [2.05, 4.69) is 0 Å². The lowest BCUT2D eigenvalue weighted by Crippen LogP contribution is -2.53. The summed E-state index contributed by atoms with van der Waals surface area (Å²) < 4.78 is 32.1. The number of sulfonamides is 1. The van der Waals surface area contributed by atoms with Crippen LogP contribution in [0.2, 0.25) is 0 Å². The molecule has 0 unspecified atom stereocenters. The smallest absolute Gasteiger partial charge is 0.409 e. The third kappa shape index (κ3) is 5.51. The lowest BCUT2D eigenvalue weighted by Gasteiger charge is -2.38. The van der Waals surface area contributed by atoms with Gasteiger partial charge >= 0.3 is 6.09 Å². The predicted molar refractivity (Wildman–Crippen MR) is 113 cm³/mol. The first-order valence-corrected chi connectivity index (χ1v) is 12.1. The number of aryl methyl sites for hydroxylation is 1. The van der Waals surface area contributed by atoms with Gasteiger partial charge in [0.05, 0.1) is 12.4 Å². The van der Waals surface area contributed by atoms with E-state index < -0.39 is 10.0 Å². The molecule has 0 bridgehead atoms. The molecule has 9 heteroatoms. The Labute approximate surface area is 178 Å². The second kappa shape index (κ2) is 9.78. The maximum Gasteiger partial charge on any atom is 0.409 e. The van der Waals surface area contributed by atoms with Gasteiger partial charge in [0.2, 0.25) is 15.9 Å². The van der Waals surface area contributed by atoms with E-state index in [9.17, 15) is 18.0 Å². The van der Waals surface area contributed by atoms with Crippen LogP contribution < -0.4 is 0 Å². The summed E-state index contributed by atoms with van der Waals surface area (Å²) in [6.45, 7) is 6.70. The van der Waals surface area contributed by atoms with Crippen molar-refractivity contribution in [1.82, 2.24) is 14.1 Å². The summed E-state index contributed by atoms with van der Waals surface area (Å²) in [5.41, 5.74) is 1.82. The van der Waals surface area contributed by atoms with Gasteiger partial charge in [0.15, 0.2) is 0 Å². The normalized spacial score (nSPS) is 19.0. The van der Waals surface area contributed by atoms with Crippen molar-refractivity contribution in [3.63, 3.8) is 0 Å². The molecule has 0 N–H and O–H groups in total. The van der Waals surface area contributed by atoms with E-state index in [0.717, 1.165) is 11.1 Å². The fourth-order valence-electron chi connectivity index (χ4n) is 4.07. The third-order valence-corrected chi connectivity index (χ3v) is 7.60. The number of carbonyl (C=O) groups excluding carboxylic acids is 2. The summed E-state index contributed by atoms with van der Waals surface area (Å²) in [5.74, 6) is -0.109. The monoisotopic (exact) mass is 437 g/mol. The van der Waals surface area contributed by atoms with Crippen molar-refractivity contribution in [3.05, 3.63) is 35.4 Å². The SMILES string of the molecule is CCOC(=O)N1CCN(C(=O)C2CCN(S(=O)(=O)Cc3cccc(C)c3)CC2)CC1. The molecular weight excluding hydrogens is 406 g/mol. The highest BCUT2D eigenvalue weighted by atomic mass is 32.2. The van der Waals surface area contributed by atoms with Gasteiger partial charge in [-0.1, -0.05) is 29.8 Å². The van der Waals surface area contributed by atoms with E-state index >= 15 is 0 Å². The van der Waals surface area contributed by atoms with Crippen LogP contribution in [-0.4, -0.2) is 80.4 Å². The number of rotatable bonds is 5. The van der Waals surface area contributed by atoms with Gasteiger partial charge in [-0.05, 0) is 32.3 Å². The second-order valence-corrected chi connectivity index (χ2v) is 9.90. The maximum atomic E-state index is 12.9. The highest BCUT2D eigenvalue weighted by Gasteiger charge is 2.34.